The molecule has 0 atom stereocenters. The molecule has 1 amide bonds. The number of imidazole rings is 1. The van der Waals surface area contributed by atoms with E-state index in [1.807, 2.05) is 46.3 Å². The van der Waals surface area contributed by atoms with Crippen molar-refractivity contribution in [2.24, 2.45) is 0 Å². The summed E-state index contributed by atoms with van der Waals surface area (Å²) in [4.78, 5) is 29.4. The van der Waals surface area contributed by atoms with Crippen LogP contribution < -0.4 is 5.32 Å². The van der Waals surface area contributed by atoms with E-state index in [0.717, 1.165) is 21.9 Å². The molecule has 0 unspecified atom stereocenters. The van der Waals surface area contributed by atoms with Gasteiger partial charge < -0.3 is 10.1 Å². The highest BCUT2D eigenvalue weighted by Gasteiger charge is 2.15. The minimum absolute atomic E-state index is 0.160. The summed E-state index contributed by atoms with van der Waals surface area (Å²) in [6.45, 7) is 2.10. The fraction of sp³-hybridized carbons (Fsp3) is 0.211. The van der Waals surface area contributed by atoms with Crippen molar-refractivity contribution in [1.82, 2.24) is 19.6 Å². The summed E-state index contributed by atoms with van der Waals surface area (Å²) < 4.78 is 7.41. The minimum atomic E-state index is -0.306. The van der Waals surface area contributed by atoms with Gasteiger partial charge in [-0.05, 0) is 6.92 Å². The third kappa shape index (κ3) is 4.86. The van der Waals surface area contributed by atoms with Gasteiger partial charge in [-0.2, -0.15) is 0 Å². The molecule has 0 saturated carbocycles. The number of hydrogen-bond donors (Lipinski definition) is 1. The highest BCUT2D eigenvalue weighted by Crippen LogP contribution is 2.26. The van der Waals surface area contributed by atoms with E-state index in [0.29, 0.717) is 16.1 Å². The third-order valence-corrected chi connectivity index (χ3v) is 6.80. The second kappa shape index (κ2) is 9.37. The monoisotopic (exact) mass is 459 g/mol. The maximum Gasteiger partial charge on any atom is 0.316 e. The van der Waals surface area contributed by atoms with Crippen LogP contribution in [0.2, 0.25) is 0 Å². The summed E-state index contributed by atoms with van der Waals surface area (Å²) in [6, 6.07) is 9.92. The molecule has 4 aromatic rings. The van der Waals surface area contributed by atoms with Crippen molar-refractivity contribution in [2.45, 2.75) is 17.7 Å². The van der Waals surface area contributed by atoms with E-state index in [1.54, 1.807) is 6.92 Å². The molecule has 8 nitrogen and oxygen atoms in total. The van der Waals surface area contributed by atoms with Crippen LogP contribution in [0.4, 0.5) is 5.13 Å². The molecule has 0 radical (unpaired) electrons. The Morgan fingerprint density at radius 3 is 2.87 bits per heavy atom. The van der Waals surface area contributed by atoms with Crippen LogP contribution >= 0.6 is 34.4 Å². The van der Waals surface area contributed by atoms with Gasteiger partial charge in [-0.1, -0.05) is 53.4 Å². The van der Waals surface area contributed by atoms with Gasteiger partial charge in [0.05, 0.1) is 24.5 Å². The summed E-state index contributed by atoms with van der Waals surface area (Å²) in [5.74, 6) is -0.337. The quantitative estimate of drug-likeness (QED) is 0.243. The Morgan fingerprint density at radius 1 is 1.23 bits per heavy atom. The molecule has 154 valence electrons. The number of ether oxygens (including phenoxy) is 1. The van der Waals surface area contributed by atoms with E-state index < -0.39 is 0 Å². The predicted octanol–water partition coefficient (Wildman–Crippen LogP) is 3.75. The second-order valence-corrected chi connectivity index (χ2v) is 9.10. The van der Waals surface area contributed by atoms with Crippen molar-refractivity contribution in [3.05, 3.63) is 47.6 Å². The third-order valence-electron chi connectivity index (χ3n) is 3.97. The van der Waals surface area contributed by atoms with Gasteiger partial charge in [-0.15, -0.1) is 21.5 Å². The molecule has 30 heavy (non-hydrogen) atoms. The molecule has 1 aromatic carbocycles. The van der Waals surface area contributed by atoms with Gasteiger partial charge in [0, 0.05) is 22.8 Å². The van der Waals surface area contributed by atoms with Gasteiger partial charge in [0.1, 0.15) is 0 Å². The van der Waals surface area contributed by atoms with Crippen LogP contribution in [0.5, 0.6) is 0 Å². The Kier molecular flexibility index (Phi) is 6.41. The van der Waals surface area contributed by atoms with E-state index in [1.165, 1.54) is 34.4 Å². The summed E-state index contributed by atoms with van der Waals surface area (Å²) in [6.07, 6.45) is 2.13. The number of carbonyl (C=O) groups excluding carboxylic acids is 2. The first-order chi connectivity index (χ1) is 14.6. The molecule has 1 N–H and O–H groups in total. The van der Waals surface area contributed by atoms with Crippen molar-refractivity contribution >= 4 is 56.4 Å². The van der Waals surface area contributed by atoms with Gasteiger partial charge in [0.2, 0.25) is 11.0 Å². The number of carbonyl (C=O) groups is 2. The number of aromatic nitrogens is 4. The normalized spacial score (nSPS) is 11.0. The number of benzene rings is 1. The molecule has 0 fully saturated rings. The Balaban J connectivity index is 1.38. The van der Waals surface area contributed by atoms with E-state index >= 15 is 0 Å². The maximum atomic E-state index is 12.5. The van der Waals surface area contributed by atoms with Crippen LogP contribution in [-0.4, -0.2) is 43.8 Å². The molecule has 0 aliphatic carbocycles. The zero-order chi connectivity index (χ0) is 20.9. The number of nitrogens with one attached hydrogen (secondary N) is 1. The highest BCUT2D eigenvalue weighted by molar-refractivity contribution is 8.01. The van der Waals surface area contributed by atoms with E-state index in [-0.39, 0.29) is 24.1 Å². The molecule has 0 aliphatic heterocycles. The number of fused-ring (bicyclic) bond motifs is 1. The molecular formula is C19H17N5O3S3. The molecule has 0 bridgehead atoms. The summed E-state index contributed by atoms with van der Waals surface area (Å²) in [5, 5.41) is 13.0. The number of esters is 1. The fourth-order valence-electron chi connectivity index (χ4n) is 2.67. The van der Waals surface area contributed by atoms with Gasteiger partial charge in [-0.3, -0.25) is 14.0 Å². The van der Waals surface area contributed by atoms with Crippen LogP contribution in [0.3, 0.4) is 0 Å². The molecule has 0 saturated heterocycles. The maximum absolute atomic E-state index is 12.5. The highest BCUT2D eigenvalue weighted by atomic mass is 32.2. The molecule has 11 heteroatoms. The molecule has 3 aromatic heterocycles. The zero-order valence-electron chi connectivity index (χ0n) is 15.9. The fourth-order valence-corrected chi connectivity index (χ4v) is 5.11. The van der Waals surface area contributed by atoms with Crippen LogP contribution in [-0.2, 0) is 20.7 Å². The topological polar surface area (TPSA) is 98.5 Å². The zero-order valence-corrected chi connectivity index (χ0v) is 18.4. The van der Waals surface area contributed by atoms with E-state index in [2.05, 4.69) is 20.5 Å². The molecule has 0 spiro atoms. The van der Waals surface area contributed by atoms with Crippen molar-refractivity contribution in [1.29, 1.82) is 0 Å². The summed E-state index contributed by atoms with van der Waals surface area (Å²) in [7, 11) is 0. The van der Waals surface area contributed by atoms with Gasteiger partial charge in [-0.25, -0.2) is 4.98 Å². The largest absolute Gasteiger partial charge is 0.465 e. The number of anilines is 1. The van der Waals surface area contributed by atoms with E-state index in [9.17, 15) is 9.59 Å². The number of thiazole rings is 1. The molecule has 3 heterocycles. The molecule has 4 rings (SSSR count). The van der Waals surface area contributed by atoms with Crippen molar-refractivity contribution in [2.75, 3.05) is 17.7 Å². The lowest BCUT2D eigenvalue weighted by Gasteiger charge is -2.00. The summed E-state index contributed by atoms with van der Waals surface area (Å²) >= 11 is 3.95. The lowest BCUT2D eigenvalue weighted by Crippen LogP contribution is -2.15. The van der Waals surface area contributed by atoms with Crippen molar-refractivity contribution < 1.29 is 14.3 Å². The Morgan fingerprint density at radius 2 is 2.07 bits per heavy atom. The van der Waals surface area contributed by atoms with E-state index in [4.69, 9.17) is 4.74 Å². The van der Waals surface area contributed by atoms with Crippen LogP contribution in [0.15, 0.2) is 46.2 Å². The predicted molar refractivity (Wildman–Crippen MR) is 118 cm³/mol. The minimum Gasteiger partial charge on any atom is -0.465 e. The number of amides is 1. The van der Waals surface area contributed by atoms with Gasteiger partial charge in [0.25, 0.3) is 0 Å². The van der Waals surface area contributed by atoms with Gasteiger partial charge in [0.15, 0.2) is 9.30 Å². The average Bonchev–Trinajstić information content (AvgIpc) is 3.45. The second-order valence-electron chi connectivity index (χ2n) is 6.06. The van der Waals surface area contributed by atoms with Crippen LogP contribution in [0.25, 0.3) is 16.2 Å². The number of thioether (sulfide) groups is 1. The van der Waals surface area contributed by atoms with Gasteiger partial charge >= 0.3 is 5.97 Å². The number of nitrogens with zero attached hydrogens (tertiary/aromatic N) is 4. The average molecular weight is 460 g/mol. The number of hydrogen-bond acceptors (Lipinski definition) is 9. The van der Waals surface area contributed by atoms with Crippen molar-refractivity contribution in [3.63, 3.8) is 0 Å². The standard InChI is InChI=1S/C19H17N5O3S3/c1-2-27-16(26)11-29-19-23-22-17(30-19)21-15(25)8-13-10-28-18-20-14(9-24(13)18)12-6-4-3-5-7-12/h3-7,9-10H,2,8,11H2,1H3,(H,21,22,25). The number of rotatable bonds is 8. The smallest absolute Gasteiger partial charge is 0.316 e. The molecule has 0 aliphatic rings. The summed E-state index contributed by atoms with van der Waals surface area (Å²) in [5.41, 5.74) is 2.76. The lowest BCUT2D eigenvalue weighted by atomic mass is 10.2. The van der Waals surface area contributed by atoms with Crippen molar-refractivity contribution in [3.8, 4) is 11.3 Å². The Bertz CT molecular complexity index is 1170. The first kappa shape index (κ1) is 20.5. The first-order valence-electron chi connectivity index (χ1n) is 9.05. The lowest BCUT2D eigenvalue weighted by molar-refractivity contribution is -0.139. The molecular weight excluding hydrogens is 442 g/mol. The Hall–Kier alpha value is -2.76. The van der Waals surface area contributed by atoms with Crippen LogP contribution in [0.1, 0.15) is 12.6 Å². The first-order valence-corrected chi connectivity index (χ1v) is 11.7. The SMILES string of the molecule is CCOC(=O)CSc1nnc(NC(=O)Cc2csc3nc(-c4ccccc4)cn23)s1. The Labute approximate surface area is 184 Å². The van der Waals surface area contributed by atoms with Crippen LogP contribution in [0, 0.1) is 0 Å².